The van der Waals surface area contributed by atoms with Crippen molar-refractivity contribution in [2.24, 2.45) is 0 Å². The molecule has 2 aromatic heterocycles. The summed E-state index contributed by atoms with van der Waals surface area (Å²) >= 11 is 0. The zero-order valence-corrected chi connectivity index (χ0v) is 18.9. The minimum absolute atomic E-state index is 0.406. The molecule has 5 rings (SSSR count). The molecule has 1 saturated heterocycles. The maximum Gasteiger partial charge on any atom is 0.416 e. The van der Waals surface area contributed by atoms with E-state index in [0.29, 0.717) is 35.3 Å². The lowest BCUT2D eigenvalue weighted by Gasteiger charge is -2.26. The topological polar surface area (TPSA) is 68.9 Å². The number of hydrogen-bond donors (Lipinski definition) is 3. The van der Waals surface area contributed by atoms with E-state index in [1.54, 1.807) is 12.3 Å². The van der Waals surface area contributed by atoms with E-state index in [2.05, 4.69) is 25.5 Å². The lowest BCUT2D eigenvalue weighted by atomic mass is 10.0. The fourth-order valence-electron chi connectivity index (χ4n) is 4.12. The Labute approximate surface area is 201 Å². The first-order chi connectivity index (χ1) is 17.0. The summed E-state index contributed by atoms with van der Waals surface area (Å²) in [4.78, 5) is 14.7. The second-order valence-electron chi connectivity index (χ2n) is 8.37. The van der Waals surface area contributed by atoms with Gasteiger partial charge in [-0.3, -0.25) is 0 Å². The Morgan fingerprint density at radius 1 is 0.914 bits per heavy atom. The summed E-state index contributed by atoms with van der Waals surface area (Å²) < 4.78 is 40.3. The maximum absolute atomic E-state index is 13.4. The van der Waals surface area contributed by atoms with Crippen LogP contribution in [0.5, 0.6) is 0 Å². The summed E-state index contributed by atoms with van der Waals surface area (Å²) in [7, 11) is 0. The van der Waals surface area contributed by atoms with Crippen LogP contribution in [0.15, 0.2) is 72.9 Å². The molecule has 6 nitrogen and oxygen atoms in total. The van der Waals surface area contributed by atoms with Gasteiger partial charge in [-0.25, -0.2) is 9.97 Å². The predicted octanol–water partition coefficient (Wildman–Crippen LogP) is 5.18. The fourth-order valence-corrected chi connectivity index (χ4v) is 4.12. The van der Waals surface area contributed by atoms with Gasteiger partial charge in [-0.15, -0.1) is 0 Å². The van der Waals surface area contributed by atoms with Gasteiger partial charge in [0.15, 0.2) is 0 Å². The van der Waals surface area contributed by atoms with Gasteiger partial charge in [0, 0.05) is 50.0 Å². The average molecular weight is 479 g/mol. The molecule has 0 unspecified atom stereocenters. The van der Waals surface area contributed by atoms with Gasteiger partial charge in [0.1, 0.15) is 5.82 Å². The number of hydrogen-bond acceptors (Lipinski definition) is 5. The Hall–Kier alpha value is -3.85. The highest BCUT2D eigenvalue weighted by molar-refractivity contribution is 5.81. The van der Waals surface area contributed by atoms with E-state index in [1.165, 1.54) is 6.07 Å². The van der Waals surface area contributed by atoms with Crippen LogP contribution >= 0.6 is 0 Å². The SMILES string of the molecule is FC(F)(F)c1cccc(-c2nc(N3CCNCC3)[nH]c2-c2ccnc(NCc3ccccc3)c2)c1. The molecule has 1 aliphatic rings. The van der Waals surface area contributed by atoms with Crippen molar-refractivity contribution in [3.05, 3.63) is 84.1 Å². The van der Waals surface area contributed by atoms with E-state index < -0.39 is 11.7 Å². The van der Waals surface area contributed by atoms with Crippen molar-refractivity contribution in [2.45, 2.75) is 12.7 Å². The third-order valence-corrected chi connectivity index (χ3v) is 5.94. The number of pyridine rings is 1. The Bertz CT molecular complexity index is 1280. The molecule has 0 radical (unpaired) electrons. The van der Waals surface area contributed by atoms with Crippen molar-refractivity contribution >= 4 is 11.8 Å². The number of rotatable bonds is 6. The number of piperazine rings is 1. The average Bonchev–Trinajstić information content (AvgIpc) is 3.34. The zero-order chi connectivity index (χ0) is 24.3. The lowest BCUT2D eigenvalue weighted by Crippen LogP contribution is -2.44. The first-order valence-electron chi connectivity index (χ1n) is 11.4. The molecule has 0 bridgehead atoms. The quantitative estimate of drug-likeness (QED) is 0.356. The molecule has 2 aromatic carbocycles. The predicted molar refractivity (Wildman–Crippen MR) is 131 cm³/mol. The van der Waals surface area contributed by atoms with Gasteiger partial charge in [0.05, 0.1) is 17.0 Å². The molecule has 0 spiro atoms. The summed E-state index contributed by atoms with van der Waals surface area (Å²) in [6.07, 6.45) is -2.75. The molecule has 4 aromatic rings. The summed E-state index contributed by atoms with van der Waals surface area (Å²) in [6, 6.07) is 19.0. The highest BCUT2D eigenvalue weighted by atomic mass is 19.4. The Morgan fingerprint density at radius 3 is 2.49 bits per heavy atom. The lowest BCUT2D eigenvalue weighted by molar-refractivity contribution is -0.137. The molecule has 0 aliphatic carbocycles. The minimum atomic E-state index is -4.43. The minimum Gasteiger partial charge on any atom is -0.366 e. The van der Waals surface area contributed by atoms with Crippen molar-refractivity contribution in [1.82, 2.24) is 20.3 Å². The number of H-pyrrole nitrogens is 1. The number of imidazole rings is 1. The van der Waals surface area contributed by atoms with E-state index in [-0.39, 0.29) is 0 Å². The number of aromatic nitrogens is 3. The Kier molecular flexibility index (Phi) is 6.41. The monoisotopic (exact) mass is 478 g/mol. The second-order valence-corrected chi connectivity index (χ2v) is 8.37. The highest BCUT2D eigenvalue weighted by Crippen LogP contribution is 2.36. The Morgan fingerprint density at radius 2 is 1.71 bits per heavy atom. The molecular weight excluding hydrogens is 453 g/mol. The van der Waals surface area contributed by atoms with Gasteiger partial charge >= 0.3 is 6.18 Å². The molecule has 1 aliphatic heterocycles. The summed E-state index contributed by atoms with van der Waals surface area (Å²) in [5, 5.41) is 6.62. The van der Waals surface area contributed by atoms with Gasteiger partial charge in [-0.2, -0.15) is 13.2 Å². The third-order valence-electron chi connectivity index (χ3n) is 5.94. The van der Waals surface area contributed by atoms with Gasteiger partial charge in [0.25, 0.3) is 0 Å². The molecule has 180 valence electrons. The van der Waals surface area contributed by atoms with Crippen LogP contribution in [-0.2, 0) is 12.7 Å². The number of alkyl halides is 3. The van der Waals surface area contributed by atoms with Crippen LogP contribution in [-0.4, -0.2) is 41.1 Å². The zero-order valence-electron chi connectivity index (χ0n) is 18.9. The molecule has 1 fully saturated rings. The molecule has 0 saturated carbocycles. The number of anilines is 2. The smallest absolute Gasteiger partial charge is 0.366 e. The van der Waals surface area contributed by atoms with Crippen LogP contribution < -0.4 is 15.5 Å². The van der Waals surface area contributed by atoms with E-state index in [9.17, 15) is 13.2 Å². The third kappa shape index (κ3) is 5.30. The van der Waals surface area contributed by atoms with Crippen LogP contribution in [0, 0.1) is 0 Å². The number of halogens is 3. The standard InChI is InChI=1S/C26H25F3N6/c27-26(28,29)21-8-4-7-19(15-21)23-24(34-25(33-23)35-13-11-30-12-14-35)20-9-10-31-22(16-20)32-17-18-5-2-1-3-6-18/h1-10,15-16,30H,11-14,17H2,(H,31,32)(H,33,34). The summed E-state index contributed by atoms with van der Waals surface area (Å²) in [5.74, 6) is 1.31. The number of nitrogens with one attached hydrogen (secondary N) is 3. The van der Waals surface area contributed by atoms with Gasteiger partial charge in [-0.1, -0.05) is 42.5 Å². The van der Waals surface area contributed by atoms with Crippen LogP contribution in [0.4, 0.5) is 24.9 Å². The summed E-state index contributed by atoms with van der Waals surface area (Å²) in [6.45, 7) is 3.76. The first-order valence-corrected chi connectivity index (χ1v) is 11.4. The number of nitrogens with zero attached hydrogens (tertiary/aromatic N) is 3. The van der Waals surface area contributed by atoms with Crippen LogP contribution in [0.2, 0.25) is 0 Å². The van der Waals surface area contributed by atoms with Crippen molar-refractivity contribution in [3.8, 4) is 22.5 Å². The molecule has 3 heterocycles. The van der Waals surface area contributed by atoms with E-state index in [1.807, 2.05) is 42.5 Å². The van der Waals surface area contributed by atoms with Crippen molar-refractivity contribution in [3.63, 3.8) is 0 Å². The van der Waals surface area contributed by atoms with E-state index in [0.717, 1.165) is 49.4 Å². The van der Waals surface area contributed by atoms with Crippen LogP contribution in [0.25, 0.3) is 22.5 Å². The molecular formula is C26H25F3N6. The molecule has 9 heteroatoms. The van der Waals surface area contributed by atoms with Gasteiger partial charge < -0.3 is 20.5 Å². The van der Waals surface area contributed by atoms with Crippen molar-refractivity contribution in [2.75, 3.05) is 36.4 Å². The second kappa shape index (κ2) is 9.79. The van der Waals surface area contributed by atoms with E-state index in [4.69, 9.17) is 4.98 Å². The van der Waals surface area contributed by atoms with Crippen LogP contribution in [0.3, 0.4) is 0 Å². The largest absolute Gasteiger partial charge is 0.416 e. The number of benzene rings is 2. The summed E-state index contributed by atoms with van der Waals surface area (Å²) in [5.41, 5.74) is 2.74. The van der Waals surface area contributed by atoms with E-state index >= 15 is 0 Å². The van der Waals surface area contributed by atoms with Crippen LogP contribution in [0.1, 0.15) is 11.1 Å². The van der Waals surface area contributed by atoms with Crippen molar-refractivity contribution < 1.29 is 13.2 Å². The van der Waals surface area contributed by atoms with Gasteiger partial charge in [-0.05, 0) is 29.8 Å². The number of aromatic amines is 1. The molecule has 35 heavy (non-hydrogen) atoms. The molecule has 0 atom stereocenters. The van der Waals surface area contributed by atoms with Crippen molar-refractivity contribution in [1.29, 1.82) is 0 Å². The molecule has 3 N–H and O–H groups in total. The maximum atomic E-state index is 13.4. The normalized spacial score (nSPS) is 14.2. The Balaban J connectivity index is 1.52. The van der Waals surface area contributed by atoms with Gasteiger partial charge in [0.2, 0.25) is 5.95 Å². The molecule has 0 amide bonds. The first kappa shape index (κ1) is 22.9. The highest BCUT2D eigenvalue weighted by Gasteiger charge is 2.31. The fraction of sp³-hybridized carbons (Fsp3) is 0.231.